The summed E-state index contributed by atoms with van der Waals surface area (Å²) >= 11 is 11.5. The number of halogens is 2. The molecule has 1 fully saturated rings. The van der Waals surface area contributed by atoms with E-state index in [4.69, 9.17) is 27.9 Å². The summed E-state index contributed by atoms with van der Waals surface area (Å²) in [6.07, 6.45) is 2.82. The first-order valence-corrected chi connectivity index (χ1v) is 5.20. The van der Waals surface area contributed by atoms with Crippen molar-refractivity contribution in [1.82, 2.24) is 10.3 Å². The molecule has 3 nitrogen and oxygen atoms in total. The molecule has 0 aromatic carbocycles. The van der Waals surface area contributed by atoms with Gasteiger partial charge in [0.25, 0.3) is 0 Å². The summed E-state index contributed by atoms with van der Waals surface area (Å²) in [5.74, 6) is 0.674. The summed E-state index contributed by atoms with van der Waals surface area (Å²) in [7, 11) is 0. The van der Waals surface area contributed by atoms with E-state index in [1.54, 1.807) is 12.3 Å². The van der Waals surface area contributed by atoms with Crippen molar-refractivity contribution in [2.24, 2.45) is 0 Å². The van der Waals surface area contributed by atoms with E-state index in [0.717, 1.165) is 19.5 Å². The fourth-order valence-corrected chi connectivity index (χ4v) is 1.65. The number of hydrogen-bond donors (Lipinski definition) is 1. The SMILES string of the molecule is Clc1cc(OC2CCNC2)cnc1Cl. The monoisotopic (exact) mass is 232 g/mol. The molecular weight excluding hydrogens is 223 g/mol. The summed E-state index contributed by atoms with van der Waals surface area (Å²) in [6.45, 7) is 1.87. The molecule has 1 saturated heterocycles. The average Bonchev–Trinajstić information content (AvgIpc) is 2.64. The van der Waals surface area contributed by atoms with Crippen LogP contribution in [0.4, 0.5) is 0 Å². The molecule has 1 N–H and O–H groups in total. The highest BCUT2D eigenvalue weighted by Gasteiger charge is 2.16. The smallest absolute Gasteiger partial charge is 0.147 e. The van der Waals surface area contributed by atoms with Gasteiger partial charge in [-0.05, 0) is 13.0 Å². The molecule has 0 radical (unpaired) electrons. The minimum absolute atomic E-state index is 0.217. The van der Waals surface area contributed by atoms with Crippen LogP contribution in [0.15, 0.2) is 12.3 Å². The fourth-order valence-electron chi connectivity index (χ4n) is 1.39. The lowest BCUT2D eigenvalue weighted by Crippen LogP contribution is -2.19. The molecule has 0 bridgehead atoms. The molecule has 0 spiro atoms. The Morgan fingerprint density at radius 1 is 1.50 bits per heavy atom. The number of rotatable bonds is 2. The Morgan fingerprint density at radius 2 is 2.36 bits per heavy atom. The summed E-state index contributed by atoms with van der Waals surface area (Å²) in [5.41, 5.74) is 0. The number of hydrogen-bond acceptors (Lipinski definition) is 3. The standard InChI is InChI=1S/C9H10Cl2N2O/c10-8-3-7(5-13-9(8)11)14-6-1-2-12-4-6/h3,5-6,12H,1-2,4H2. The van der Waals surface area contributed by atoms with E-state index in [1.165, 1.54) is 0 Å². The lowest BCUT2D eigenvalue weighted by molar-refractivity contribution is 0.222. The Bertz CT molecular complexity index is 327. The molecule has 2 heterocycles. The van der Waals surface area contributed by atoms with Crippen LogP contribution in [0, 0.1) is 0 Å². The lowest BCUT2D eigenvalue weighted by atomic mass is 10.3. The van der Waals surface area contributed by atoms with Gasteiger partial charge in [0.1, 0.15) is 17.0 Å². The zero-order chi connectivity index (χ0) is 9.97. The first kappa shape index (κ1) is 10.0. The second kappa shape index (κ2) is 4.34. The normalized spacial score (nSPS) is 21.1. The van der Waals surface area contributed by atoms with Crippen molar-refractivity contribution in [3.8, 4) is 5.75 Å². The van der Waals surface area contributed by atoms with Gasteiger partial charge in [-0.3, -0.25) is 0 Å². The van der Waals surface area contributed by atoms with Gasteiger partial charge in [0, 0.05) is 12.6 Å². The van der Waals surface area contributed by atoms with Gasteiger partial charge in [-0.2, -0.15) is 0 Å². The van der Waals surface area contributed by atoms with Crippen LogP contribution in [-0.4, -0.2) is 24.2 Å². The van der Waals surface area contributed by atoms with Crippen LogP contribution in [0.1, 0.15) is 6.42 Å². The minimum Gasteiger partial charge on any atom is -0.487 e. The second-order valence-electron chi connectivity index (χ2n) is 3.18. The molecule has 0 aliphatic carbocycles. The number of ether oxygens (including phenoxy) is 1. The molecule has 1 aromatic heterocycles. The predicted octanol–water partition coefficient (Wildman–Crippen LogP) is 2.13. The fraction of sp³-hybridized carbons (Fsp3) is 0.444. The van der Waals surface area contributed by atoms with Crippen LogP contribution in [0.25, 0.3) is 0 Å². The van der Waals surface area contributed by atoms with Gasteiger partial charge in [-0.25, -0.2) is 4.98 Å². The van der Waals surface area contributed by atoms with E-state index in [1.807, 2.05) is 0 Å². The van der Waals surface area contributed by atoms with Crippen LogP contribution in [0.3, 0.4) is 0 Å². The second-order valence-corrected chi connectivity index (χ2v) is 3.94. The highest BCUT2D eigenvalue weighted by atomic mass is 35.5. The predicted molar refractivity (Wildman–Crippen MR) is 56.2 cm³/mol. The van der Waals surface area contributed by atoms with Crippen molar-refractivity contribution in [3.63, 3.8) is 0 Å². The average molecular weight is 233 g/mol. The summed E-state index contributed by atoms with van der Waals surface area (Å²) in [6, 6.07) is 1.69. The van der Waals surface area contributed by atoms with Crippen LogP contribution in [0.5, 0.6) is 5.75 Å². The molecule has 1 aromatic rings. The van der Waals surface area contributed by atoms with Gasteiger partial charge >= 0.3 is 0 Å². The highest BCUT2D eigenvalue weighted by Crippen LogP contribution is 2.24. The maximum absolute atomic E-state index is 5.81. The van der Waals surface area contributed by atoms with Gasteiger partial charge in [0.05, 0.1) is 11.2 Å². The summed E-state index contributed by atoms with van der Waals surface area (Å²) in [4.78, 5) is 3.91. The lowest BCUT2D eigenvalue weighted by Gasteiger charge is -2.12. The summed E-state index contributed by atoms with van der Waals surface area (Å²) in [5, 5.41) is 3.95. The molecule has 1 aliphatic rings. The molecule has 0 saturated carbocycles. The van der Waals surface area contributed by atoms with Crippen molar-refractivity contribution in [3.05, 3.63) is 22.4 Å². The molecule has 2 rings (SSSR count). The summed E-state index contributed by atoms with van der Waals surface area (Å²) < 4.78 is 5.64. The first-order valence-electron chi connectivity index (χ1n) is 4.44. The van der Waals surface area contributed by atoms with E-state index in [0.29, 0.717) is 15.9 Å². The van der Waals surface area contributed by atoms with Crippen molar-refractivity contribution in [2.45, 2.75) is 12.5 Å². The van der Waals surface area contributed by atoms with Crippen molar-refractivity contribution in [2.75, 3.05) is 13.1 Å². The number of nitrogens with one attached hydrogen (secondary N) is 1. The Labute approximate surface area is 92.4 Å². The molecule has 0 amide bonds. The minimum atomic E-state index is 0.217. The molecule has 1 unspecified atom stereocenters. The third-order valence-corrected chi connectivity index (χ3v) is 2.78. The van der Waals surface area contributed by atoms with Crippen LogP contribution in [0.2, 0.25) is 10.2 Å². The van der Waals surface area contributed by atoms with Gasteiger partial charge in [-0.15, -0.1) is 0 Å². The number of aromatic nitrogens is 1. The molecule has 1 atom stereocenters. The van der Waals surface area contributed by atoms with E-state index in [9.17, 15) is 0 Å². The molecule has 5 heteroatoms. The van der Waals surface area contributed by atoms with Crippen molar-refractivity contribution in [1.29, 1.82) is 0 Å². The van der Waals surface area contributed by atoms with E-state index < -0.39 is 0 Å². The maximum atomic E-state index is 5.81. The quantitative estimate of drug-likeness (QED) is 0.794. The molecule has 14 heavy (non-hydrogen) atoms. The van der Waals surface area contributed by atoms with Crippen molar-refractivity contribution < 1.29 is 4.74 Å². The first-order chi connectivity index (χ1) is 6.75. The van der Waals surface area contributed by atoms with Gasteiger partial charge in [0.15, 0.2) is 0 Å². The number of pyridine rings is 1. The van der Waals surface area contributed by atoms with Gasteiger partial charge in [0.2, 0.25) is 0 Å². The molecule has 76 valence electrons. The molecule has 1 aliphatic heterocycles. The van der Waals surface area contributed by atoms with Crippen LogP contribution < -0.4 is 10.1 Å². The topological polar surface area (TPSA) is 34.1 Å². The van der Waals surface area contributed by atoms with E-state index in [-0.39, 0.29) is 6.10 Å². The number of nitrogens with zero attached hydrogens (tertiary/aromatic N) is 1. The Balaban J connectivity index is 2.05. The Kier molecular flexibility index (Phi) is 3.11. The highest BCUT2D eigenvalue weighted by molar-refractivity contribution is 6.41. The van der Waals surface area contributed by atoms with Crippen LogP contribution >= 0.6 is 23.2 Å². The van der Waals surface area contributed by atoms with Crippen molar-refractivity contribution >= 4 is 23.2 Å². The zero-order valence-electron chi connectivity index (χ0n) is 7.46. The largest absolute Gasteiger partial charge is 0.487 e. The van der Waals surface area contributed by atoms with Gasteiger partial charge in [-0.1, -0.05) is 23.2 Å². The molecular formula is C9H10Cl2N2O. The van der Waals surface area contributed by atoms with E-state index in [2.05, 4.69) is 10.3 Å². The Hall–Kier alpha value is -0.510. The maximum Gasteiger partial charge on any atom is 0.147 e. The zero-order valence-corrected chi connectivity index (χ0v) is 8.98. The van der Waals surface area contributed by atoms with Crippen LogP contribution in [-0.2, 0) is 0 Å². The Morgan fingerprint density at radius 3 is 3.00 bits per heavy atom. The van der Waals surface area contributed by atoms with E-state index >= 15 is 0 Å². The van der Waals surface area contributed by atoms with Gasteiger partial charge < -0.3 is 10.1 Å². The third-order valence-electron chi connectivity index (χ3n) is 2.09. The third kappa shape index (κ3) is 2.29.